The third-order valence-electron chi connectivity index (χ3n) is 1.99. The van der Waals surface area contributed by atoms with Gasteiger partial charge in [0.1, 0.15) is 5.75 Å². The van der Waals surface area contributed by atoms with Crippen LogP contribution in [0, 0.1) is 6.92 Å². The maximum Gasteiger partial charge on any atom is 0.387 e. The van der Waals surface area contributed by atoms with Crippen LogP contribution in [-0.4, -0.2) is 16.8 Å². The van der Waals surface area contributed by atoms with Crippen molar-refractivity contribution in [3.05, 3.63) is 24.1 Å². The number of benzene rings is 1. The van der Waals surface area contributed by atoms with Crippen molar-refractivity contribution < 1.29 is 18.0 Å². The van der Waals surface area contributed by atoms with Crippen LogP contribution in [0.5, 0.6) is 5.75 Å². The lowest BCUT2D eigenvalue weighted by Crippen LogP contribution is -2.04. The van der Waals surface area contributed by atoms with Gasteiger partial charge in [-0.15, -0.1) is 0 Å². The van der Waals surface area contributed by atoms with E-state index in [9.17, 15) is 8.78 Å². The molecule has 0 spiro atoms. The number of nitrogen functional groups attached to an aromatic ring is 1. The Labute approximate surface area is 95.2 Å². The van der Waals surface area contributed by atoms with Gasteiger partial charge in [0.15, 0.2) is 0 Å². The Hall–Kier alpha value is -2.18. The molecule has 0 aliphatic carbocycles. The summed E-state index contributed by atoms with van der Waals surface area (Å²) >= 11 is 0. The quantitative estimate of drug-likeness (QED) is 0.834. The molecule has 1 aromatic carbocycles. The molecule has 0 aliphatic rings. The van der Waals surface area contributed by atoms with Gasteiger partial charge in [-0.1, -0.05) is 5.16 Å². The molecule has 0 radical (unpaired) electrons. The van der Waals surface area contributed by atoms with E-state index < -0.39 is 6.61 Å². The number of anilines is 1. The molecule has 5 nitrogen and oxygen atoms in total. The van der Waals surface area contributed by atoms with Crippen LogP contribution in [0.1, 0.15) is 5.89 Å². The van der Waals surface area contributed by atoms with Gasteiger partial charge in [-0.2, -0.15) is 13.8 Å². The molecule has 1 aromatic heterocycles. The first-order valence-electron chi connectivity index (χ1n) is 4.71. The zero-order valence-corrected chi connectivity index (χ0v) is 8.85. The van der Waals surface area contributed by atoms with Crippen LogP contribution in [0.2, 0.25) is 0 Å². The number of hydrogen-bond acceptors (Lipinski definition) is 5. The summed E-state index contributed by atoms with van der Waals surface area (Å²) in [6.07, 6.45) is 0. The van der Waals surface area contributed by atoms with Crippen molar-refractivity contribution in [1.29, 1.82) is 0 Å². The van der Waals surface area contributed by atoms with Crippen LogP contribution in [0.3, 0.4) is 0 Å². The van der Waals surface area contributed by atoms with Crippen LogP contribution in [-0.2, 0) is 0 Å². The first kappa shape index (κ1) is 11.3. The minimum absolute atomic E-state index is 0.0463. The topological polar surface area (TPSA) is 74.2 Å². The van der Waals surface area contributed by atoms with Crippen molar-refractivity contribution in [3.63, 3.8) is 0 Å². The summed E-state index contributed by atoms with van der Waals surface area (Å²) in [5.41, 5.74) is 6.23. The minimum Gasteiger partial charge on any atom is -0.434 e. The number of aromatic nitrogens is 2. The number of hydrogen-bond donors (Lipinski definition) is 1. The lowest BCUT2D eigenvalue weighted by Gasteiger charge is -2.08. The van der Waals surface area contributed by atoms with E-state index in [1.165, 1.54) is 18.2 Å². The van der Waals surface area contributed by atoms with Crippen molar-refractivity contribution in [2.24, 2.45) is 0 Å². The smallest absolute Gasteiger partial charge is 0.387 e. The molecule has 90 valence electrons. The van der Waals surface area contributed by atoms with Gasteiger partial charge in [0.2, 0.25) is 11.7 Å². The van der Waals surface area contributed by atoms with Gasteiger partial charge in [0.25, 0.3) is 0 Å². The van der Waals surface area contributed by atoms with Crippen molar-refractivity contribution in [2.75, 3.05) is 5.73 Å². The van der Waals surface area contributed by atoms with Crippen LogP contribution in [0.4, 0.5) is 14.5 Å². The van der Waals surface area contributed by atoms with Crippen LogP contribution in [0.25, 0.3) is 11.4 Å². The molecule has 2 aromatic rings. The fourth-order valence-corrected chi connectivity index (χ4v) is 1.33. The van der Waals surface area contributed by atoms with E-state index >= 15 is 0 Å². The van der Waals surface area contributed by atoms with Gasteiger partial charge in [-0.05, 0) is 18.2 Å². The molecule has 0 saturated carbocycles. The van der Waals surface area contributed by atoms with Crippen molar-refractivity contribution in [2.45, 2.75) is 13.5 Å². The van der Waals surface area contributed by atoms with Crippen LogP contribution < -0.4 is 10.5 Å². The Bertz CT molecular complexity index is 528. The molecule has 1 heterocycles. The molecule has 2 N–H and O–H groups in total. The summed E-state index contributed by atoms with van der Waals surface area (Å²) in [7, 11) is 0. The van der Waals surface area contributed by atoms with E-state index in [-0.39, 0.29) is 17.1 Å². The highest BCUT2D eigenvalue weighted by molar-refractivity contribution is 5.68. The van der Waals surface area contributed by atoms with Crippen LogP contribution >= 0.6 is 0 Å². The lowest BCUT2D eigenvalue weighted by molar-refractivity contribution is -0.0494. The Morgan fingerprint density at radius 3 is 2.76 bits per heavy atom. The second kappa shape index (κ2) is 4.36. The largest absolute Gasteiger partial charge is 0.434 e. The highest BCUT2D eigenvalue weighted by atomic mass is 19.3. The first-order valence-corrected chi connectivity index (χ1v) is 4.71. The molecule has 0 unspecified atom stereocenters. The SMILES string of the molecule is Cc1nc(-c2cc(N)ccc2OC(F)F)no1. The first-order chi connectivity index (χ1) is 8.06. The number of aryl methyl sites for hydroxylation is 1. The third kappa shape index (κ3) is 2.49. The maximum absolute atomic E-state index is 12.2. The number of rotatable bonds is 3. The Balaban J connectivity index is 2.46. The molecule has 17 heavy (non-hydrogen) atoms. The molecule has 2 rings (SSSR count). The van der Waals surface area contributed by atoms with E-state index in [1.54, 1.807) is 6.92 Å². The Morgan fingerprint density at radius 2 is 2.18 bits per heavy atom. The highest BCUT2D eigenvalue weighted by Crippen LogP contribution is 2.31. The molecule has 0 saturated heterocycles. The Kier molecular flexibility index (Phi) is 2.90. The zero-order chi connectivity index (χ0) is 12.4. The van der Waals surface area contributed by atoms with Gasteiger partial charge in [0, 0.05) is 12.6 Å². The summed E-state index contributed by atoms with van der Waals surface area (Å²) in [5, 5.41) is 3.63. The van der Waals surface area contributed by atoms with Gasteiger partial charge >= 0.3 is 6.61 Å². The molecule has 0 amide bonds. The van der Waals surface area contributed by atoms with Crippen molar-refractivity contribution >= 4 is 5.69 Å². The zero-order valence-electron chi connectivity index (χ0n) is 8.85. The van der Waals surface area contributed by atoms with Crippen molar-refractivity contribution in [1.82, 2.24) is 10.1 Å². The molecule has 0 aliphatic heterocycles. The minimum atomic E-state index is -2.93. The number of alkyl halides is 2. The maximum atomic E-state index is 12.2. The number of nitrogens with two attached hydrogens (primary N) is 1. The van der Waals surface area contributed by atoms with E-state index in [1.807, 2.05) is 0 Å². The fraction of sp³-hybridized carbons (Fsp3) is 0.200. The molecule has 7 heteroatoms. The average molecular weight is 241 g/mol. The molecular formula is C10H9F2N3O2. The summed E-state index contributed by atoms with van der Waals surface area (Å²) in [6, 6.07) is 4.23. The molecule has 0 fully saturated rings. The van der Waals surface area contributed by atoms with E-state index in [4.69, 9.17) is 10.3 Å². The second-order valence-electron chi connectivity index (χ2n) is 3.27. The number of halogens is 2. The van der Waals surface area contributed by atoms with E-state index in [0.29, 0.717) is 11.6 Å². The summed E-state index contributed by atoms with van der Waals surface area (Å²) in [4.78, 5) is 3.93. The monoisotopic (exact) mass is 241 g/mol. The highest BCUT2D eigenvalue weighted by Gasteiger charge is 2.15. The fourth-order valence-electron chi connectivity index (χ4n) is 1.33. The summed E-state index contributed by atoms with van der Waals surface area (Å²) in [6.45, 7) is -1.33. The van der Waals surface area contributed by atoms with Gasteiger partial charge in [-0.3, -0.25) is 0 Å². The predicted octanol–water partition coefficient (Wildman–Crippen LogP) is 2.23. The van der Waals surface area contributed by atoms with Gasteiger partial charge in [0.05, 0.1) is 5.56 Å². The standard InChI is InChI=1S/C10H9F2N3O2/c1-5-14-9(15-17-5)7-4-6(13)2-3-8(7)16-10(11)12/h2-4,10H,13H2,1H3. The normalized spacial score (nSPS) is 10.8. The summed E-state index contributed by atoms with van der Waals surface area (Å²) in [5.74, 6) is 0.436. The predicted molar refractivity (Wildman–Crippen MR) is 55.5 cm³/mol. The number of ether oxygens (including phenoxy) is 1. The molecule has 0 bridgehead atoms. The van der Waals surface area contributed by atoms with Crippen molar-refractivity contribution in [3.8, 4) is 17.1 Å². The Morgan fingerprint density at radius 1 is 1.41 bits per heavy atom. The van der Waals surface area contributed by atoms with Gasteiger partial charge in [-0.25, -0.2) is 0 Å². The molecular weight excluding hydrogens is 232 g/mol. The third-order valence-corrected chi connectivity index (χ3v) is 1.99. The number of nitrogens with zero attached hydrogens (tertiary/aromatic N) is 2. The van der Waals surface area contributed by atoms with E-state index in [2.05, 4.69) is 14.9 Å². The average Bonchev–Trinajstić information content (AvgIpc) is 2.67. The summed E-state index contributed by atoms with van der Waals surface area (Å²) < 4.78 is 33.5. The lowest BCUT2D eigenvalue weighted by atomic mass is 10.1. The van der Waals surface area contributed by atoms with Gasteiger partial charge < -0.3 is 15.0 Å². The van der Waals surface area contributed by atoms with Crippen LogP contribution in [0.15, 0.2) is 22.7 Å². The van der Waals surface area contributed by atoms with E-state index in [0.717, 1.165) is 0 Å². The second-order valence-corrected chi connectivity index (χ2v) is 3.27. The molecule has 0 atom stereocenters.